The molecular formula is C17H22N4O. The fraction of sp³-hybridized carbons (Fsp3) is 0.412. The predicted octanol–water partition coefficient (Wildman–Crippen LogP) is 2.02. The lowest BCUT2D eigenvalue weighted by Crippen LogP contribution is -2.52. The van der Waals surface area contributed by atoms with Crippen LogP contribution in [0.4, 0.5) is 0 Å². The molecule has 2 aromatic rings. The van der Waals surface area contributed by atoms with E-state index in [4.69, 9.17) is 0 Å². The summed E-state index contributed by atoms with van der Waals surface area (Å²) in [6.45, 7) is 3.50. The molecule has 116 valence electrons. The van der Waals surface area contributed by atoms with Crippen LogP contribution in [0.3, 0.4) is 0 Å². The van der Waals surface area contributed by atoms with Gasteiger partial charge in [0.15, 0.2) is 0 Å². The summed E-state index contributed by atoms with van der Waals surface area (Å²) in [4.78, 5) is 12.6. The molecule has 1 atom stereocenters. The van der Waals surface area contributed by atoms with E-state index >= 15 is 0 Å². The van der Waals surface area contributed by atoms with E-state index < -0.39 is 0 Å². The van der Waals surface area contributed by atoms with Gasteiger partial charge in [-0.05, 0) is 43.5 Å². The topological polar surface area (TPSA) is 59.0 Å². The van der Waals surface area contributed by atoms with E-state index in [2.05, 4.69) is 22.7 Å². The zero-order chi connectivity index (χ0) is 15.4. The smallest absolute Gasteiger partial charge is 0.240 e. The fourth-order valence-corrected chi connectivity index (χ4v) is 3.10. The minimum Gasteiger partial charge on any atom is -0.350 e. The molecule has 1 aromatic carbocycles. The zero-order valence-electron chi connectivity index (χ0n) is 12.9. The average molecular weight is 298 g/mol. The van der Waals surface area contributed by atoms with Gasteiger partial charge in [0.1, 0.15) is 0 Å². The van der Waals surface area contributed by atoms with E-state index in [1.165, 1.54) is 0 Å². The van der Waals surface area contributed by atoms with Crippen molar-refractivity contribution in [3.8, 4) is 5.69 Å². The number of amides is 1. The number of aromatic nitrogens is 2. The van der Waals surface area contributed by atoms with Gasteiger partial charge in [0.05, 0.1) is 11.2 Å². The summed E-state index contributed by atoms with van der Waals surface area (Å²) in [5, 5.41) is 10.7. The van der Waals surface area contributed by atoms with Crippen molar-refractivity contribution in [3.05, 3.63) is 48.3 Å². The van der Waals surface area contributed by atoms with Crippen molar-refractivity contribution >= 4 is 5.91 Å². The molecule has 2 heterocycles. The molecule has 22 heavy (non-hydrogen) atoms. The Kier molecular flexibility index (Phi) is 4.24. The lowest BCUT2D eigenvalue weighted by atomic mass is 9.93. The molecule has 0 bridgehead atoms. The van der Waals surface area contributed by atoms with Crippen LogP contribution in [0.2, 0.25) is 0 Å². The van der Waals surface area contributed by atoms with Gasteiger partial charge in [-0.3, -0.25) is 4.79 Å². The lowest BCUT2D eigenvalue weighted by molar-refractivity contribution is -0.127. The zero-order valence-corrected chi connectivity index (χ0v) is 12.9. The van der Waals surface area contributed by atoms with Gasteiger partial charge in [0.25, 0.3) is 0 Å². The predicted molar refractivity (Wildman–Crippen MR) is 85.7 cm³/mol. The van der Waals surface area contributed by atoms with Crippen LogP contribution in [0.25, 0.3) is 5.69 Å². The first-order valence-corrected chi connectivity index (χ1v) is 7.86. The van der Waals surface area contributed by atoms with Crippen LogP contribution in [-0.2, 0) is 11.3 Å². The second kappa shape index (κ2) is 6.32. The first-order valence-electron chi connectivity index (χ1n) is 7.86. The third-order valence-corrected chi connectivity index (χ3v) is 4.46. The third kappa shape index (κ3) is 2.76. The molecule has 5 heteroatoms. The number of nitrogens with zero attached hydrogens (tertiary/aromatic N) is 2. The fourth-order valence-electron chi connectivity index (χ4n) is 3.10. The van der Waals surface area contributed by atoms with Crippen LogP contribution in [-0.4, -0.2) is 27.8 Å². The Morgan fingerprint density at radius 3 is 2.95 bits per heavy atom. The second-order valence-electron chi connectivity index (χ2n) is 5.73. The van der Waals surface area contributed by atoms with E-state index in [9.17, 15) is 4.79 Å². The minimum atomic E-state index is -0.388. The van der Waals surface area contributed by atoms with E-state index in [0.29, 0.717) is 6.54 Å². The van der Waals surface area contributed by atoms with Crippen molar-refractivity contribution < 1.29 is 4.79 Å². The van der Waals surface area contributed by atoms with E-state index in [0.717, 1.165) is 37.1 Å². The summed E-state index contributed by atoms with van der Waals surface area (Å²) in [7, 11) is 0. The molecule has 1 aliphatic heterocycles. The molecule has 2 N–H and O–H groups in total. The number of benzene rings is 1. The van der Waals surface area contributed by atoms with E-state index in [1.807, 2.05) is 41.2 Å². The molecule has 1 aromatic heterocycles. The Morgan fingerprint density at radius 1 is 1.41 bits per heavy atom. The van der Waals surface area contributed by atoms with Crippen LogP contribution >= 0.6 is 0 Å². The van der Waals surface area contributed by atoms with Gasteiger partial charge in [-0.1, -0.05) is 25.1 Å². The van der Waals surface area contributed by atoms with Crippen LogP contribution in [0, 0.1) is 0 Å². The summed E-state index contributed by atoms with van der Waals surface area (Å²) in [5.74, 6) is 0.0998. The highest BCUT2D eigenvalue weighted by molar-refractivity contribution is 5.86. The number of para-hydroxylation sites is 1. The highest BCUT2D eigenvalue weighted by Gasteiger charge is 2.38. The molecule has 1 fully saturated rings. The largest absolute Gasteiger partial charge is 0.350 e. The molecule has 0 aliphatic carbocycles. The lowest BCUT2D eigenvalue weighted by Gasteiger charge is -2.26. The minimum absolute atomic E-state index is 0.0998. The quantitative estimate of drug-likeness (QED) is 0.888. The summed E-state index contributed by atoms with van der Waals surface area (Å²) >= 11 is 0. The van der Waals surface area contributed by atoms with Crippen LogP contribution in [0.15, 0.2) is 42.7 Å². The normalized spacial score (nSPS) is 21.0. The van der Waals surface area contributed by atoms with E-state index in [1.54, 1.807) is 6.20 Å². The maximum atomic E-state index is 12.6. The molecule has 0 spiro atoms. The molecule has 0 saturated carbocycles. The number of carbonyl (C=O) groups is 1. The Hall–Kier alpha value is -2.14. The van der Waals surface area contributed by atoms with Crippen LogP contribution < -0.4 is 10.6 Å². The average Bonchev–Trinajstić information content (AvgIpc) is 3.24. The van der Waals surface area contributed by atoms with Crippen molar-refractivity contribution in [2.75, 3.05) is 6.54 Å². The van der Waals surface area contributed by atoms with Crippen molar-refractivity contribution in [2.45, 2.75) is 38.3 Å². The standard InChI is InChI=1S/C17H22N4O/c1-2-17(9-5-10-19-17)16(22)18-13-14-7-3-4-8-15(14)21-12-6-11-20-21/h3-4,6-8,11-12,19H,2,5,9-10,13H2,1H3,(H,18,22). The number of rotatable bonds is 5. The molecule has 1 aliphatic rings. The SMILES string of the molecule is CCC1(C(=O)NCc2ccccc2-n2cccn2)CCCN1. The van der Waals surface area contributed by atoms with Crippen LogP contribution in [0.5, 0.6) is 0 Å². The first kappa shape index (κ1) is 14.8. The summed E-state index contributed by atoms with van der Waals surface area (Å²) in [6, 6.07) is 9.89. The van der Waals surface area contributed by atoms with Crippen molar-refractivity contribution in [1.29, 1.82) is 0 Å². The highest BCUT2D eigenvalue weighted by atomic mass is 16.2. The Labute approximate surface area is 130 Å². The highest BCUT2D eigenvalue weighted by Crippen LogP contribution is 2.23. The van der Waals surface area contributed by atoms with Crippen molar-refractivity contribution in [2.24, 2.45) is 0 Å². The Morgan fingerprint density at radius 2 is 2.27 bits per heavy atom. The van der Waals surface area contributed by atoms with Crippen molar-refractivity contribution in [3.63, 3.8) is 0 Å². The van der Waals surface area contributed by atoms with Gasteiger partial charge in [-0.2, -0.15) is 5.10 Å². The molecule has 0 radical (unpaired) electrons. The second-order valence-corrected chi connectivity index (χ2v) is 5.73. The van der Waals surface area contributed by atoms with Crippen molar-refractivity contribution in [1.82, 2.24) is 20.4 Å². The molecule has 3 rings (SSSR count). The summed E-state index contributed by atoms with van der Waals surface area (Å²) in [5.41, 5.74) is 1.67. The maximum Gasteiger partial charge on any atom is 0.240 e. The third-order valence-electron chi connectivity index (χ3n) is 4.46. The van der Waals surface area contributed by atoms with Gasteiger partial charge >= 0.3 is 0 Å². The Bertz CT molecular complexity index is 630. The molecule has 1 unspecified atom stereocenters. The molecule has 5 nitrogen and oxygen atoms in total. The van der Waals surface area contributed by atoms with Gasteiger partial charge in [-0.25, -0.2) is 4.68 Å². The maximum absolute atomic E-state index is 12.6. The monoisotopic (exact) mass is 298 g/mol. The number of carbonyl (C=O) groups excluding carboxylic acids is 1. The van der Waals surface area contributed by atoms with Gasteiger partial charge in [-0.15, -0.1) is 0 Å². The van der Waals surface area contributed by atoms with E-state index in [-0.39, 0.29) is 11.4 Å². The Balaban J connectivity index is 1.73. The van der Waals surface area contributed by atoms with Gasteiger partial charge in [0, 0.05) is 18.9 Å². The van der Waals surface area contributed by atoms with Gasteiger partial charge in [0.2, 0.25) is 5.91 Å². The molecule has 1 saturated heterocycles. The number of nitrogens with one attached hydrogen (secondary N) is 2. The van der Waals surface area contributed by atoms with Crippen LogP contribution in [0.1, 0.15) is 31.7 Å². The molecule has 1 amide bonds. The summed E-state index contributed by atoms with van der Waals surface area (Å²) in [6.07, 6.45) is 6.46. The number of hydrogen-bond donors (Lipinski definition) is 2. The van der Waals surface area contributed by atoms with Gasteiger partial charge < -0.3 is 10.6 Å². The molecular weight excluding hydrogens is 276 g/mol. The first-order chi connectivity index (χ1) is 10.7. The number of hydrogen-bond acceptors (Lipinski definition) is 3. The summed E-state index contributed by atoms with van der Waals surface area (Å²) < 4.78 is 1.82.